The molecule has 0 radical (unpaired) electrons. The van der Waals surface area contributed by atoms with Crippen molar-refractivity contribution in [2.45, 2.75) is 0 Å². The summed E-state index contributed by atoms with van der Waals surface area (Å²) in [6.45, 7) is -0.285. The van der Waals surface area contributed by atoms with Crippen LogP contribution in [0.5, 0.6) is 0 Å². The fraction of sp³-hybridized carbons (Fsp3) is 0.0833. The summed E-state index contributed by atoms with van der Waals surface area (Å²) < 4.78 is 26.6. The van der Waals surface area contributed by atoms with Crippen molar-refractivity contribution in [3.8, 4) is 0 Å². The second-order valence-corrected chi connectivity index (χ2v) is 3.77. The molecule has 7 heteroatoms. The Kier molecular flexibility index (Phi) is 3.12. The van der Waals surface area contributed by atoms with Gasteiger partial charge in [0.1, 0.15) is 5.82 Å². The van der Waals surface area contributed by atoms with Crippen LogP contribution in [0.4, 0.5) is 14.5 Å². The highest BCUT2D eigenvalue weighted by atomic mass is 19.1. The van der Waals surface area contributed by atoms with Gasteiger partial charge >= 0.3 is 5.97 Å². The Hall–Kier alpha value is -2.57. The maximum absolute atomic E-state index is 13.6. The number of carbonyl (C=O) groups is 3. The molecular weight excluding hydrogens is 260 g/mol. The normalized spacial score (nSPS) is 14.3. The molecule has 0 spiro atoms. The third kappa shape index (κ3) is 2.22. The van der Waals surface area contributed by atoms with Gasteiger partial charge in [0, 0.05) is 18.7 Å². The van der Waals surface area contributed by atoms with Crippen LogP contribution in [0.2, 0.25) is 0 Å². The minimum Gasteiger partial charge on any atom is -0.478 e. The number of hydrogen-bond acceptors (Lipinski definition) is 3. The zero-order valence-corrected chi connectivity index (χ0v) is 9.39. The number of hydrogen-bond donors (Lipinski definition) is 1. The molecule has 0 saturated heterocycles. The van der Waals surface area contributed by atoms with Gasteiger partial charge in [-0.2, -0.15) is 0 Å². The summed E-state index contributed by atoms with van der Waals surface area (Å²) in [5.41, 5.74) is -0.683. The van der Waals surface area contributed by atoms with E-state index < -0.39 is 29.3 Å². The average Bonchev–Trinajstić information content (AvgIpc) is 2.54. The lowest BCUT2D eigenvalue weighted by molar-refractivity contribution is -0.131. The van der Waals surface area contributed by atoms with Crippen LogP contribution < -0.4 is 4.90 Å². The van der Waals surface area contributed by atoms with E-state index in [9.17, 15) is 23.2 Å². The van der Waals surface area contributed by atoms with E-state index in [1.165, 1.54) is 0 Å². The third-order valence-corrected chi connectivity index (χ3v) is 2.53. The molecule has 0 fully saturated rings. The van der Waals surface area contributed by atoms with Gasteiger partial charge in [-0.3, -0.25) is 14.5 Å². The SMILES string of the molecule is O=C(O)C=CCN1C(=O)C(=O)c2cc(F)cc(F)c21. The Labute approximate surface area is 105 Å². The average molecular weight is 267 g/mol. The fourth-order valence-electron chi connectivity index (χ4n) is 1.79. The van der Waals surface area contributed by atoms with Gasteiger partial charge in [-0.25, -0.2) is 13.6 Å². The summed E-state index contributed by atoms with van der Waals surface area (Å²) in [7, 11) is 0. The van der Waals surface area contributed by atoms with Crippen molar-refractivity contribution >= 4 is 23.3 Å². The summed E-state index contributed by atoms with van der Waals surface area (Å²) in [6, 6.07) is 1.33. The molecule has 0 atom stereocenters. The molecule has 5 nitrogen and oxygen atoms in total. The van der Waals surface area contributed by atoms with Crippen LogP contribution in [0.25, 0.3) is 0 Å². The van der Waals surface area contributed by atoms with Crippen molar-refractivity contribution in [2.75, 3.05) is 11.4 Å². The van der Waals surface area contributed by atoms with Crippen LogP contribution in [0, 0.1) is 11.6 Å². The number of rotatable bonds is 3. The maximum atomic E-state index is 13.6. The topological polar surface area (TPSA) is 74.7 Å². The van der Waals surface area contributed by atoms with E-state index in [0.717, 1.165) is 23.1 Å². The smallest absolute Gasteiger partial charge is 0.328 e. The maximum Gasteiger partial charge on any atom is 0.328 e. The number of benzene rings is 1. The third-order valence-electron chi connectivity index (χ3n) is 2.53. The van der Waals surface area contributed by atoms with Crippen molar-refractivity contribution in [1.29, 1.82) is 0 Å². The molecule has 1 aromatic rings. The molecule has 0 bridgehead atoms. The van der Waals surface area contributed by atoms with Crippen molar-refractivity contribution in [3.05, 3.63) is 41.5 Å². The molecule has 2 rings (SSSR count). The van der Waals surface area contributed by atoms with Gasteiger partial charge in [0.25, 0.3) is 11.7 Å². The van der Waals surface area contributed by atoms with Gasteiger partial charge in [-0.05, 0) is 6.07 Å². The monoisotopic (exact) mass is 267 g/mol. The van der Waals surface area contributed by atoms with E-state index >= 15 is 0 Å². The Morgan fingerprint density at radius 3 is 2.63 bits per heavy atom. The van der Waals surface area contributed by atoms with Crippen LogP contribution in [-0.2, 0) is 9.59 Å². The highest BCUT2D eigenvalue weighted by molar-refractivity contribution is 6.52. The molecule has 0 saturated carbocycles. The van der Waals surface area contributed by atoms with Gasteiger partial charge in [0.15, 0.2) is 5.82 Å². The number of aliphatic carboxylic acids is 1. The lowest BCUT2D eigenvalue weighted by Crippen LogP contribution is -2.30. The molecule has 19 heavy (non-hydrogen) atoms. The van der Waals surface area contributed by atoms with Crippen molar-refractivity contribution in [2.24, 2.45) is 0 Å². The van der Waals surface area contributed by atoms with Crippen LogP contribution >= 0.6 is 0 Å². The number of halogens is 2. The van der Waals surface area contributed by atoms with E-state index in [1.54, 1.807) is 0 Å². The number of nitrogens with zero attached hydrogens (tertiary/aromatic N) is 1. The number of amides is 1. The number of ketones is 1. The molecular formula is C12H7F2NO4. The van der Waals surface area contributed by atoms with E-state index in [-0.39, 0.29) is 17.8 Å². The molecule has 1 N–H and O–H groups in total. The Balaban J connectivity index is 2.41. The number of carboxylic acid groups (broad SMARTS) is 1. The number of fused-ring (bicyclic) bond motifs is 1. The lowest BCUT2D eigenvalue weighted by Gasteiger charge is -2.14. The standard InChI is InChI=1S/C12H7F2NO4/c13-6-4-7-10(8(14)5-6)15(12(19)11(7)18)3-1-2-9(16)17/h1-2,4-5H,3H2,(H,16,17). The van der Waals surface area contributed by atoms with Crippen LogP contribution in [0.3, 0.4) is 0 Å². The van der Waals surface area contributed by atoms with E-state index in [0.29, 0.717) is 6.07 Å². The lowest BCUT2D eigenvalue weighted by atomic mass is 10.1. The summed E-state index contributed by atoms with van der Waals surface area (Å²) in [6.07, 6.45) is 1.85. The van der Waals surface area contributed by atoms with Gasteiger partial charge in [-0.15, -0.1) is 0 Å². The number of anilines is 1. The first-order valence-electron chi connectivity index (χ1n) is 5.16. The Morgan fingerprint density at radius 1 is 1.32 bits per heavy atom. The molecule has 1 heterocycles. The predicted octanol–water partition coefficient (Wildman–Crippen LogP) is 1.13. The molecule has 98 valence electrons. The Bertz CT molecular complexity index is 624. The first-order chi connectivity index (χ1) is 8.91. The van der Waals surface area contributed by atoms with Crippen molar-refractivity contribution < 1.29 is 28.3 Å². The van der Waals surface area contributed by atoms with E-state index in [4.69, 9.17) is 5.11 Å². The molecule has 1 aliphatic heterocycles. The zero-order chi connectivity index (χ0) is 14.2. The van der Waals surface area contributed by atoms with Crippen LogP contribution in [0.15, 0.2) is 24.3 Å². The van der Waals surface area contributed by atoms with Gasteiger partial charge in [-0.1, -0.05) is 6.08 Å². The first-order valence-corrected chi connectivity index (χ1v) is 5.16. The summed E-state index contributed by atoms with van der Waals surface area (Å²) in [4.78, 5) is 34.2. The quantitative estimate of drug-likeness (QED) is 0.658. The minimum absolute atomic E-state index is 0.285. The van der Waals surface area contributed by atoms with E-state index in [1.807, 2.05) is 0 Å². The first kappa shape index (κ1) is 12.9. The number of Topliss-reactive ketones (excluding diaryl/α,β-unsaturated/α-hetero) is 1. The predicted molar refractivity (Wildman–Crippen MR) is 59.8 cm³/mol. The highest BCUT2D eigenvalue weighted by Crippen LogP contribution is 2.32. The van der Waals surface area contributed by atoms with Gasteiger partial charge < -0.3 is 5.11 Å². The van der Waals surface area contributed by atoms with Crippen LogP contribution in [0.1, 0.15) is 10.4 Å². The van der Waals surface area contributed by atoms with Gasteiger partial charge in [0.2, 0.25) is 0 Å². The van der Waals surface area contributed by atoms with E-state index in [2.05, 4.69) is 0 Å². The zero-order valence-electron chi connectivity index (χ0n) is 9.39. The minimum atomic E-state index is -1.24. The second kappa shape index (κ2) is 4.60. The largest absolute Gasteiger partial charge is 0.478 e. The van der Waals surface area contributed by atoms with Crippen molar-refractivity contribution in [1.82, 2.24) is 0 Å². The van der Waals surface area contributed by atoms with Crippen LogP contribution in [-0.4, -0.2) is 29.3 Å². The molecule has 0 unspecified atom stereocenters. The number of carbonyl (C=O) groups excluding carboxylic acids is 2. The highest BCUT2D eigenvalue weighted by Gasteiger charge is 2.38. The van der Waals surface area contributed by atoms with Gasteiger partial charge in [0.05, 0.1) is 11.3 Å². The molecule has 1 aliphatic rings. The molecule has 1 amide bonds. The molecule has 0 aromatic heterocycles. The molecule has 0 aliphatic carbocycles. The Morgan fingerprint density at radius 2 is 2.00 bits per heavy atom. The summed E-state index contributed by atoms with van der Waals surface area (Å²) >= 11 is 0. The summed E-state index contributed by atoms with van der Waals surface area (Å²) in [5.74, 6) is -5.28. The number of carboxylic acids is 1. The van der Waals surface area contributed by atoms with Crippen molar-refractivity contribution in [3.63, 3.8) is 0 Å². The fourth-order valence-corrected chi connectivity index (χ4v) is 1.79. The second-order valence-electron chi connectivity index (χ2n) is 3.77. The summed E-state index contributed by atoms with van der Waals surface area (Å²) in [5, 5.41) is 8.41. The molecule has 1 aromatic carbocycles.